The van der Waals surface area contributed by atoms with E-state index in [1.807, 2.05) is 30.0 Å². The summed E-state index contributed by atoms with van der Waals surface area (Å²) < 4.78 is 34.3. The van der Waals surface area contributed by atoms with E-state index in [-0.39, 0.29) is 12.5 Å². The first-order chi connectivity index (χ1) is 11.8. The lowest BCUT2D eigenvalue weighted by Gasteiger charge is -2.39. The molecule has 0 saturated carbocycles. The molecule has 7 nitrogen and oxygen atoms in total. The number of nitrogens with zero attached hydrogens (tertiary/aromatic N) is 2. The summed E-state index contributed by atoms with van der Waals surface area (Å²) in [6.07, 6.45) is 0. The molecule has 2 heterocycles. The van der Waals surface area contributed by atoms with Crippen molar-refractivity contribution < 1.29 is 17.9 Å². The van der Waals surface area contributed by atoms with E-state index < -0.39 is 14.6 Å². The van der Waals surface area contributed by atoms with Crippen molar-refractivity contribution in [3.63, 3.8) is 0 Å². The van der Waals surface area contributed by atoms with Crippen molar-refractivity contribution >= 4 is 15.8 Å². The van der Waals surface area contributed by atoms with Crippen molar-refractivity contribution in [2.75, 3.05) is 32.2 Å². The van der Waals surface area contributed by atoms with Crippen LogP contribution in [-0.2, 0) is 16.4 Å². The number of hydrogen-bond acceptors (Lipinski definition) is 5. The summed E-state index contributed by atoms with van der Waals surface area (Å²) in [4.78, 5) is 6.71. The van der Waals surface area contributed by atoms with Crippen LogP contribution in [0.3, 0.4) is 0 Å². The fourth-order valence-electron chi connectivity index (χ4n) is 2.96. The molecule has 0 amide bonds. The molecule has 1 N–H and O–H groups in total. The van der Waals surface area contributed by atoms with E-state index in [1.54, 1.807) is 13.8 Å². The van der Waals surface area contributed by atoms with Crippen molar-refractivity contribution in [1.29, 1.82) is 0 Å². The van der Waals surface area contributed by atoms with Crippen LogP contribution in [0.1, 0.15) is 26.3 Å². The Morgan fingerprint density at radius 2 is 2.08 bits per heavy atom. The second-order valence-electron chi connectivity index (χ2n) is 6.86. The number of benzene rings is 1. The largest absolute Gasteiger partial charge is 0.454 e. The Morgan fingerprint density at radius 1 is 1.32 bits per heavy atom. The zero-order valence-electron chi connectivity index (χ0n) is 14.9. The molecule has 25 heavy (non-hydrogen) atoms. The van der Waals surface area contributed by atoms with Gasteiger partial charge in [-0.2, -0.15) is 0 Å². The third kappa shape index (κ3) is 3.68. The maximum atomic E-state index is 12.2. The second kappa shape index (κ2) is 6.74. The summed E-state index contributed by atoms with van der Waals surface area (Å²) in [5.74, 6) is 2.38. The minimum atomic E-state index is -3.07. The molecule has 138 valence electrons. The van der Waals surface area contributed by atoms with Crippen LogP contribution in [0.4, 0.5) is 0 Å². The number of aliphatic imine (C=N–C) groups is 1. The van der Waals surface area contributed by atoms with Crippen LogP contribution < -0.4 is 14.8 Å². The molecule has 1 fully saturated rings. The quantitative estimate of drug-likeness (QED) is 0.642. The van der Waals surface area contributed by atoms with Crippen LogP contribution in [-0.4, -0.2) is 56.2 Å². The van der Waals surface area contributed by atoms with Gasteiger partial charge in [0.05, 0.1) is 17.0 Å². The van der Waals surface area contributed by atoms with E-state index in [0.717, 1.165) is 29.6 Å². The summed E-state index contributed by atoms with van der Waals surface area (Å²) in [6, 6.07) is 5.78. The summed E-state index contributed by atoms with van der Waals surface area (Å²) in [5.41, 5.74) is 1.02. The van der Waals surface area contributed by atoms with Crippen LogP contribution in [0.25, 0.3) is 0 Å². The first-order valence-corrected chi connectivity index (χ1v) is 10.1. The Balaban J connectivity index is 1.75. The van der Waals surface area contributed by atoms with Crippen molar-refractivity contribution in [3.05, 3.63) is 23.8 Å². The molecule has 0 atom stereocenters. The lowest BCUT2D eigenvalue weighted by Crippen LogP contribution is -2.57. The minimum Gasteiger partial charge on any atom is -0.454 e. The standard InChI is InChI=1S/C17H25N3O4S/c1-4-18-16(20-7-8-25(21,22)17(2,3)11-20)19-10-13-5-6-14-15(9-13)24-12-23-14/h5-6,9H,4,7-8,10-12H2,1-3H3,(H,18,19). The first-order valence-electron chi connectivity index (χ1n) is 8.46. The summed E-state index contributed by atoms with van der Waals surface area (Å²) >= 11 is 0. The number of fused-ring (bicyclic) bond motifs is 1. The highest BCUT2D eigenvalue weighted by Gasteiger charge is 2.40. The monoisotopic (exact) mass is 367 g/mol. The van der Waals surface area contributed by atoms with Gasteiger partial charge < -0.3 is 19.7 Å². The Morgan fingerprint density at radius 3 is 2.80 bits per heavy atom. The lowest BCUT2D eigenvalue weighted by molar-refractivity contribution is 0.174. The van der Waals surface area contributed by atoms with Gasteiger partial charge in [0.15, 0.2) is 27.3 Å². The normalized spacial score (nSPS) is 21.2. The molecule has 2 aliphatic rings. The number of hydrogen-bond donors (Lipinski definition) is 1. The van der Waals surface area contributed by atoms with Crippen molar-refractivity contribution in [2.45, 2.75) is 32.1 Å². The van der Waals surface area contributed by atoms with Crippen LogP contribution in [0, 0.1) is 0 Å². The smallest absolute Gasteiger partial charge is 0.231 e. The van der Waals surface area contributed by atoms with Gasteiger partial charge in [0.25, 0.3) is 0 Å². The van der Waals surface area contributed by atoms with E-state index in [0.29, 0.717) is 19.6 Å². The van der Waals surface area contributed by atoms with Gasteiger partial charge in [-0.15, -0.1) is 0 Å². The number of ether oxygens (including phenoxy) is 2. The van der Waals surface area contributed by atoms with Gasteiger partial charge in [0.2, 0.25) is 6.79 Å². The Hall–Kier alpha value is -1.96. The van der Waals surface area contributed by atoms with Gasteiger partial charge in [0.1, 0.15) is 0 Å². The van der Waals surface area contributed by atoms with Crippen LogP contribution in [0.5, 0.6) is 11.5 Å². The van der Waals surface area contributed by atoms with Crippen LogP contribution in [0.2, 0.25) is 0 Å². The number of sulfone groups is 1. The molecular formula is C17H25N3O4S. The first kappa shape index (κ1) is 17.8. The summed E-state index contributed by atoms with van der Waals surface area (Å²) in [7, 11) is -3.07. The van der Waals surface area contributed by atoms with Crippen LogP contribution in [0.15, 0.2) is 23.2 Å². The number of guanidine groups is 1. The highest BCUT2D eigenvalue weighted by molar-refractivity contribution is 7.92. The SMILES string of the molecule is CCNC(=NCc1ccc2c(c1)OCO2)N1CCS(=O)(=O)C(C)(C)C1. The third-order valence-electron chi connectivity index (χ3n) is 4.53. The highest BCUT2D eigenvalue weighted by atomic mass is 32.2. The molecule has 1 aromatic rings. The molecule has 0 aliphatic carbocycles. The predicted octanol–water partition coefficient (Wildman–Crippen LogP) is 1.39. The van der Waals surface area contributed by atoms with E-state index in [1.165, 1.54) is 0 Å². The predicted molar refractivity (Wildman–Crippen MR) is 96.8 cm³/mol. The fourth-order valence-corrected chi connectivity index (χ4v) is 4.32. The van der Waals surface area contributed by atoms with E-state index in [9.17, 15) is 8.42 Å². The molecule has 8 heteroatoms. The Bertz CT molecular complexity index is 774. The number of rotatable bonds is 3. The molecule has 0 unspecified atom stereocenters. The molecule has 0 radical (unpaired) electrons. The molecule has 1 aromatic carbocycles. The molecule has 0 spiro atoms. The fraction of sp³-hybridized carbons (Fsp3) is 0.588. The molecule has 0 aromatic heterocycles. The van der Waals surface area contributed by atoms with Gasteiger partial charge >= 0.3 is 0 Å². The lowest BCUT2D eigenvalue weighted by atomic mass is 10.2. The van der Waals surface area contributed by atoms with E-state index in [4.69, 9.17) is 9.47 Å². The van der Waals surface area contributed by atoms with Gasteiger partial charge in [0, 0.05) is 19.6 Å². The van der Waals surface area contributed by atoms with E-state index >= 15 is 0 Å². The molecular weight excluding hydrogens is 342 g/mol. The second-order valence-corrected chi connectivity index (χ2v) is 9.60. The maximum absolute atomic E-state index is 12.2. The zero-order chi connectivity index (χ0) is 18.1. The third-order valence-corrected chi connectivity index (χ3v) is 7.06. The summed E-state index contributed by atoms with van der Waals surface area (Å²) in [6.45, 7) is 7.91. The number of nitrogens with one attached hydrogen (secondary N) is 1. The van der Waals surface area contributed by atoms with Gasteiger partial charge in [-0.25, -0.2) is 13.4 Å². The van der Waals surface area contributed by atoms with E-state index in [2.05, 4.69) is 10.3 Å². The highest BCUT2D eigenvalue weighted by Crippen LogP contribution is 2.32. The van der Waals surface area contributed by atoms with Crippen molar-refractivity contribution in [2.24, 2.45) is 4.99 Å². The Labute approximate surface area is 148 Å². The Kier molecular flexibility index (Phi) is 4.81. The molecule has 0 bridgehead atoms. The van der Waals surface area contributed by atoms with Crippen molar-refractivity contribution in [1.82, 2.24) is 10.2 Å². The molecule has 2 aliphatic heterocycles. The van der Waals surface area contributed by atoms with Crippen molar-refractivity contribution in [3.8, 4) is 11.5 Å². The summed E-state index contributed by atoms with van der Waals surface area (Å²) in [5, 5.41) is 3.27. The average molecular weight is 367 g/mol. The zero-order valence-corrected chi connectivity index (χ0v) is 15.7. The molecule has 3 rings (SSSR count). The van der Waals surface area contributed by atoms with Gasteiger partial charge in [-0.3, -0.25) is 0 Å². The minimum absolute atomic E-state index is 0.147. The topological polar surface area (TPSA) is 80.2 Å². The average Bonchev–Trinajstić information content (AvgIpc) is 3.02. The van der Waals surface area contributed by atoms with Crippen LogP contribution >= 0.6 is 0 Å². The van der Waals surface area contributed by atoms with Gasteiger partial charge in [-0.05, 0) is 38.5 Å². The maximum Gasteiger partial charge on any atom is 0.231 e. The van der Waals surface area contributed by atoms with Gasteiger partial charge in [-0.1, -0.05) is 6.07 Å². The molecule has 1 saturated heterocycles.